The largest absolute Gasteiger partial charge is 1.00 e. The van der Waals surface area contributed by atoms with Gasteiger partial charge in [0.15, 0.2) is 0 Å². The summed E-state index contributed by atoms with van der Waals surface area (Å²) in [6.07, 6.45) is 0. The van der Waals surface area contributed by atoms with Gasteiger partial charge in [-0.3, -0.25) is 0 Å². The Bertz CT molecular complexity index is 6.00. The summed E-state index contributed by atoms with van der Waals surface area (Å²) in [5, 5.41) is 0. The maximum Gasteiger partial charge on any atom is -1.00 e. The summed E-state index contributed by atoms with van der Waals surface area (Å²) >= 11 is 1.69. The van der Waals surface area contributed by atoms with E-state index in [9.17, 15) is 0 Å². The van der Waals surface area contributed by atoms with Crippen LogP contribution in [0.3, 0.4) is 0 Å². The fourth-order valence-corrected chi connectivity index (χ4v) is 0. The third-order valence-corrected chi connectivity index (χ3v) is 0. The molecule has 0 heterocycles. The molecule has 0 nitrogen and oxygen atoms in total. The maximum absolute atomic E-state index is 2.06. The van der Waals surface area contributed by atoms with Crippen molar-refractivity contribution in [1.82, 2.24) is 0 Å². The summed E-state index contributed by atoms with van der Waals surface area (Å²) < 4.78 is 0. The molecule has 0 rings (SSSR count). The van der Waals surface area contributed by atoms with E-state index in [0.717, 1.165) is 0 Å². The molecule has 0 aliphatic heterocycles. The van der Waals surface area contributed by atoms with Gasteiger partial charge >= 0.3 is 22.6 Å². The van der Waals surface area contributed by atoms with E-state index in [2.05, 4.69) is 5.71 Å². The van der Waals surface area contributed by atoms with E-state index in [0.29, 0.717) is 0 Å². The van der Waals surface area contributed by atoms with Crippen molar-refractivity contribution in [3.05, 3.63) is 0 Å². The molecule has 0 aliphatic rings. The Hall–Kier alpha value is 2.02. The Morgan fingerprint density at radius 1 is 1.00 bits per heavy atom. The molecule has 4 heavy (non-hydrogen) atoms. The van der Waals surface area contributed by atoms with Gasteiger partial charge in [0.1, 0.15) is 0 Å². The van der Waals surface area contributed by atoms with Crippen molar-refractivity contribution in [3.8, 4) is 0 Å². The predicted molar refractivity (Wildman–Crippen MR) is 14.4 cm³/mol. The Morgan fingerprint density at radius 3 is 1.00 bits per heavy atom. The minimum absolute atomic E-state index is 0. The topological polar surface area (TPSA) is 0 Å². The molecular formula is CH5AsI2-2. The average Bonchev–Trinajstić information content (AvgIpc) is 1.00. The van der Waals surface area contributed by atoms with Crippen LogP contribution in [0.1, 0.15) is 0 Å². The van der Waals surface area contributed by atoms with Crippen molar-refractivity contribution in [2.75, 3.05) is 0 Å². The molecule has 3 heteroatoms. The van der Waals surface area contributed by atoms with Crippen LogP contribution >= 0.6 is 0 Å². The Balaban J connectivity index is -0.00000000500. The molecule has 0 spiro atoms. The molecule has 0 fully saturated rings. The first-order valence-electron chi connectivity index (χ1n) is 0.577. The molecular weight excluding hydrogens is 341 g/mol. The summed E-state index contributed by atoms with van der Waals surface area (Å²) in [5.74, 6) is 0. The Kier molecular flexibility index (Phi) is 82.7. The van der Waals surface area contributed by atoms with E-state index in [4.69, 9.17) is 0 Å². The van der Waals surface area contributed by atoms with Gasteiger partial charge in [-0.05, 0) is 0 Å². The molecule has 30 valence electrons. The van der Waals surface area contributed by atoms with Gasteiger partial charge in [0, 0.05) is 0 Å². The van der Waals surface area contributed by atoms with Crippen LogP contribution in [0.15, 0.2) is 0 Å². The molecule has 0 bridgehead atoms. The first-order chi connectivity index (χ1) is 1.00. The van der Waals surface area contributed by atoms with Crippen LogP contribution in [0.2, 0.25) is 5.71 Å². The summed E-state index contributed by atoms with van der Waals surface area (Å²) in [4.78, 5) is 0. The van der Waals surface area contributed by atoms with E-state index in [1.807, 2.05) is 0 Å². The normalized spacial score (nSPS) is 1.50. The van der Waals surface area contributed by atoms with Crippen molar-refractivity contribution in [3.63, 3.8) is 0 Å². The molecule has 1 atom stereocenters. The second-order valence-electron chi connectivity index (χ2n) is 0. The molecule has 0 radical (unpaired) electrons. The SMILES string of the molecule is C[AsH2].[I-].[I-]. The molecule has 0 aliphatic carbocycles. The predicted octanol–water partition coefficient (Wildman–Crippen LogP) is -6.32. The Labute approximate surface area is 69.6 Å². The molecule has 0 aromatic heterocycles. The first-order valence-corrected chi connectivity index (χ1v) is 3.00. The van der Waals surface area contributed by atoms with Crippen LogP contribution < -0.4 is 48.0 Å². The van der Waals surface area contributed by atoms with Gasteiger partial charge in [-0.1, -0.05) is 0 Å². The standard InChI is InChI=1S/CH5As.2HI/c1-2;;/h2H2,1H3;2*1H/p-2. The minimum atomic E-state index is 0. The monoisotopic (exact) mass is 346 g/mol. The second-order valence-corrected chi connectivity index (χ2v) is 0. The van der Waals surface area contributed by atoms with E-state index < -0.39 is 0 Å². The molecule has 0 aromatic rings. The average molecular weight is 346 g/mol. The van der Waals surface area contributed by atoms with Crippen molar-refractivity contribution >= 4 is 16.9 Å². The zero-order valence-electron chi connectivity index (χ0n) is 2.33. The fraction of sp³-hybridized carbons (Fsp3) is 1.00. The zero-order chi connectivity index (χ0) is 2.00. The quantitative estimate of drug-likeness (QED) is 0.303. The van der Waals surface area contributed by atoms with Crippen LogP contribution in [0, 0.1) is 0 Å². The van der Waals surface area contributed by atoms with Crippen LogP contribution in [-0.4, -0.2) is 16.9 Å². The van der Waals surface area contributed by atoms with Crippen LogP contribution in [0.25, 0.3) is 0 Å². The van der Waals surface area contributed by atoms with Gasteiger partial charge in [-0.15, -0.1) is 0 Å². The summed E-state index contributed by atoms with van der Waals surface area (Å²) in [6, 6.07) is 0. The zero-order valence-corrected chi connectivity index (χ0v) is 9.07. The molecule has 1 unspecified atom stereocenters. The van der Waals surface area contributed by atoms with Crippen LogP contribution in [0.4, 0.5) is 0 Å². The van der Waals surface area contributed by atoms with Crippen LogP contribution in [0.5, 0.6) is 0 Å². The maximum atomic E-state index is 2.06. The number of hydrogen-bond donors (Lipinski definition) is 0. The molecule has 0 saturated carbocycles. The summed E-state index contributed by atoms with van der Waals surface area (Å²) in [6.45, 7) is 0. The van der Waals surface area contributed by atoms with Gasteiger partial charge in [0.2, 0.25) is 0 Å². The van der Waals surface area contributed by atoms with Gasteiger partial charge in [0.05, 0.1) is 0 Å². The first kappa shape index (κ1) is 16.6. The second kappa shape index (κ2) is 19.9. The summed E-state index contributed by atoms with van der Waals surface area (Å²) in [7, 11) is 0. The van der Waals surface area contributed by atoms with E-state index in [-0.39, 0.29) is 48.0 Å². The third kappa shape index (κ3) is 8.99. The van der Waals surface area contributed by atoms with Crippen molar-refractivity contribution in [2.45, 2.75) is 5.71 Å². The molecule has 0 amide bonds. The van der Waals surface area contributed by atoms with E-state index in [1.165, 1.54) is 0 Å². The third-order valence-electron chi connectivity index (χ3n) is 0. The van der Waals surface area contributed by atoms with Crippen molar-refractivity contribution in [1.29, 1.82) is 0 Å². The number of hydrogen-bond acceptors (Lipinski definition) is 0. The van der Waals surface area contributed by atoms with Gasteiger partial charge in [-0.2, -0.15) is 0 Å². The van der Waals surface area contributed by atoms with Crippen molar-refractivity contribution in [2.24, 2.45) is 0 Å². The summed E-state index contributed by atoms with van der Waals surface area (Å²) in [5.41, 5.74) is 2.06. The number of rotatable bonds is 0. The number of halogens is 2. The minimum Gasteiger partial charge on any atom is -1.00 e. The smallest absolute Gasteiger partial charge is 1.00 e. The molecule has 0 aromatic carbocycles. The van der Waals surface area contributed by atoms with Gasteiger partial charge in [0.25, 0.3) is 0 Å². The van der Waals surface area contributed by atoms with E-state index in [1.54, 1.807) is 16.9 Å². The molecule has 0 N–H and O–H groups in total. The van der Waals surface area contributed by atoms with Crippen molar-refractivity contribution < 1.29 is 48.0 Å². The van der Waals surface area contributed by atoms with E-state index >= 15 is 0 Å². The molecule has 0 saturated heterocycles. The van der Waals surface area contributed by atoms with Gasteiger partial charge < -0.3 is 48.0 Å². The Morgan fingerprint density at radius 2 is 1.00 bits per heavy atom. The van der Waals surface area contributed by atoms with Gasteiger partial charge in [-0.25, -0.2) is 0 Å². The van der Waals surface area contributed by atoms with Crippen LogP contribution in [-0.2, 0) is 0 Å². The fourth-order valence-electron chi connectivity index (χ4n) is 0.